The molecule has 2 heteroatoms. The fourth-order valence-electron chi connectivity index (χ4n) is 2.23. The molecule has 0 saturated carbocycles. The van der Waals surface area contributed by atoms with Crippen molar-refractivity contribution in [1.82, 2.24) is 0 Å². The molecule has 0 amide bonds. The Morgan fingerprint density at radius 3 is 1.79 bits per heavy atom. The first-order valence-electron chi connectivity index (χ1n) is 8.03. The number of nitrogens with zero attached hydrogens (tertiary/aromatic N) is 1. The third kappa shape index (κ3) is 9.52. The van der Waals surface area contributed by atoms with Crippen molar-refractivity contribution < 1.29 is 9.57 Å². The van der Waals surface area contributed by atoms with E-state index in [2.05, 4.69) is 6.92 Å². The van der Waals surface area contributed by atoms with Crippen LogP contribution in [0.5, 0.6) is 0 Å². The van der Waals surface area contributed by atoms with Crippen LogP contribution >= 0.6 is 0 Å². The SMILES string of the molecule is CCCCCCCCCCCCO[n+]1ccccc1. The average Bonchev–Trinajstić information content (AvgIpc) is 2.46. The van der Waals surface area contributed by atoms with Gasteiger partial charge in [-0.05, 0) is 12.8 Å². The summed E-state index contributed by atoms with van der Waals surface area (Å²) in [5, 5.41) is 0. The summed E-state index contributed by atoms with van der Waals surface area (Å²) in [5.41, 5.74) is 0. The van der Waals surface area contributed by atoms with E-state index < -0.39 is 0 Å². The van der Waals surface area contributed by atoms with Crippen LogP contribution in [-0.2, 0) is 0 Å². The molecular weight excluding hydrogens is 234 g/mol. The molecule has 0 fully saturated rings. The van der Waals surface area contributed by atoms with Crippen LogP contribution in [0.25, 0.3) is 0 Å². The van der Waals surface area contributed by atoms with Crippen LogP contribution in [0.15, 0.2) is 30.6 Å². The van der Waals surface area contributed by atoms with Crippen molar-refractivity contribution in [2.45, 2.75) is 71.1 Å². The molecule has 0 aliphatic carbocycles. The topological polar surface area (TPSA) is 13.1 Å². The number of pyridine rings is 1. The fourth-order valence-corrected chi connectivity index (χ4v) is 2.23. The molecule has 108 valence electrons. The molecule has 1 heterocycles. The maximum atomic E-state index is 5.59. The lowest BCUT2D eigenvalue weighted by molar-refractivity contribution is -0.891. The highest BCUT2D eigenvalue weighted by atomic mass is 16.7. The molecule has 0 unspecified atom stereocenters. The Hall–Kier alpha value is -1.05. The monoisotopic (exact) mass is 264 g/mol. The minimum atomic E-state index is 0.825. The van der Waals surface area contributed by atoms with Crippen LogP contribution in [0, 0.1) is 0 Å². The van der Waals surface area contributed by atoms with E-state index >= 15 is 0 Å². The van der Waals surface area contributed by atoms with E-state index in [1.54, 1.807) is 4.73 Å². The summed E-state index contributed by atoms with van der Waals surface area (Å²) in [6.45, 7) is 3.10. The van der Waals surface area contributed by atoms with Crippen molar-refractivity contribution in [3.63, 3.8) is 0 Å². The molecule has 1 aromatic rings. The van der Waals surface area contributed by atoms with E-state index in [1.807, 2.05) is 30.6 Å². The first kappa shape index (κ1) is 16.0. The molecule has 1 aromatic heterocycles. The van der Waals surface area contributed by atoms with Gasteiger partial charge in [-0.2, -0.15) is 0 Å². The van der Waals surface area contributed by atoms with Gasteiger partial charge in [0.1, 0.15) is 0 Å². The third-order valence-electron chi connectivity index (χ3n) is 3.43. The highest BCUT2D eigenvalue weighted by molar-refractivity contribution is 4.83. The number of unbranched alkanes of at least 4 members (excludes halogenated alkanes) is 9. The zero-order valence-corrected chi connectivity index (χ0v) is 12.5. The lowest BCUT2D eigenvalue weighted by Crippen LogP contribution is -2.42. The van der Waals surface area contributed by atoms with E-state index in [4.69, 9.17) is 4.84 Å². The maximum Gasteiger partial charge on any atom is 0.222 e. The van der Waals surface area contributed by atoms with Gasteiger partial charge in [0.05, 0.1) is 0 Å². The Labute approximate surface area is 118 Å². The van der Waals surface area contributed by atoms with Gasteiger partial charge in [0.2, 0.25) is 12.4 Å². The molecule has 2 nitrogen and oxygen atoms in total. The van der Waals surface area contributed by atoms with Crippen molar-refractivity contribution in [3.8, 4) is 0 Å². The predicted molar refractivity (Wildman–Crippen MR) is 79.9 cm³/mol. The van der Waals surface area contributed by atoms with Gasteiger partial charge in [0, 0.05) is 16.9 Å². The molecule has 0 aliphatic rings. The largest absolute Gasteiger partial charge is 0.271 e. The van der Waals surface area contributed by atoms with Crippen LogP contribution < -0.4 is 9.57 Å². The van der Waals surface area contributed by atoms with E-state index in [0.717, 1.165) is 13.0 Å². The Bertz CT molecular complexity index is 287. The van der Waals surface area contributed by atoms with Crippen molar-refractivity contribution in [1.29, 1.82) is 0 Å². The van der Waals surface area contributed by atoms with E-state index in [-0.39, 0.29) is 0 Å². The van der Waals surface area contributed by atoms with E-state index in [0.29, 0.717) is 0 Å². The standard InChI is InChI=1S/C17H30NO/c1-2-3-4-5-6-7-8-9-10-14-17-19-18-15-12-11-13-16-18/h11-13,15-16H,2-10,14,17H2,1H3/q+1. The zero-order valence-electron chi connectivity index (χ0n) is 12.5. The van der Waals surface area contributed by atoms with Crippen molar-refractivity contribution >= 4 is 0 Å². The van der Waals surface area contributed by atoms with Crippen LogP contribution in [0.4, 0.5) is 0 Å². The number of hydrogen-bond donors (Lipinski definition) is 0. The minimum absolute atomic E-state index is 0.825. The van der Waals surface area contributed by atoms with Crippen LogP contribution in [0.2, 0.25) is 0 Å². The molecule has 0 aromatic carbocycles. The van der Waals surface area contributed by atoms with Gasteiger partial charge in [-0.25, -0.2) is 0 Å². The van der Waals surface area contributed by atoms with Crippen LogP contribution in [-0.4, -0.2) is 6.61 Å². The second-order valence-corrected chi connectivity index (χ2v) is 5.25. The normalized spacial score (nSPS) is 10.6. The highest BCUT2D eigenvalue weighted by Crippen LogP contribution is 2.10. The Morgan fingerprint density at radius 2 is 1.21 bits per heavy atom. The van der Waals surface area contributed by atoms with Crippen LogP contribution in [0.1, 0.15) is 71.1 Å². The quantitative estimate of drug-likeness (QED) is 0.405. The lowest BCUT2D eigenvalue weighted by Gasteiger charge is -2.01. The second-order valence-electron chi connectivity index (χ2n) is 5.25. The Kier molecular flexibility index (Phi) is 10.1. The van der Waals surface area contributed by atoms with Gasteiger partial charge in [0.15, 0.2) is 6.61 Å². The predicted octanol–water partition coefficient (Wildman–Crippen LogP) is 4.32. The lowest BCUT2D eigenvalue weighted by atomic mass is 10.1. The van der Waals surface area contributed by atoms with Crippen molar-refractivity contribution in [2.24, 2.45) is 0 Å². The van der Waals surface area contributed by atoms with Gasteiger partial charge in [-0.3, -0.25) is 4.84 Å². The first-order chi connectivity index (χ1) is 9.43. The minimum Gasteiger partial charge on any atom is -0.271 e. The third-order valence-corrected chi connectivity index (χ3v) is 3.43. The molecule has 0 radical (unpaired) electrons. The van der Waals surface area contributed by atoms with Crippen molar-refractivity contribution in [3.05, 3.63) is 30.6 Å². The Balaban J connectivity index is 1.79. The summed E-state index contributed by atoms with van der Waals surface area (Å²) in [6.07, 6.45) is 17.6. The summed E-state index contributed by atoms with van der Waals surface area (Å²) in [7, 11) is 0. The highest BCUT2D eigenvalue weighted by Gasteiger charge is 1.98. The zero-order chi connectivity index (χ0) is 13.6. The number of rotatable bonds is 12. The van der Waals surface area contributed by atoms with Crippen molar-refractivity contribution in [2.75, 3.05) is 6.61 Å². The number of aromatic nitrogens is 1. The van der Waals surface area contributed by atoms with Gasteiger partial charge in [-0.1, -0.05) is 64.4 Å². The average molecular weight is 264 g/mol. The molecule has 0 saturated heterocycles. The molecule has 0 spiro atoms. The maximum absolute atomic E-state index is 5.59. The molecule has 1 rings (SSSR count). The summed E-state index contributed by atoms with van der Waals surface area (Å²) in [4.78, 5) is 5.59. The van der Waals surface area contributed by atoms with E-state index in [1.165, 1.54) is 57.8 Å². The van der Waals surface area contributed by atoms with E-state index in [9.17, 15) is 0 Å². The van der Waals surface area contributed by atoms with Gasteiger partial charge in [0.25, 0.3) is 0 Å². The molecule has 0 bridgehead atoms. The molecular formula is C17H30NO+. The summed E-state index contributed by atoms with van der Waals surface area (Å²) in [6, 6.07) is 5.97. The van der Waals surface area contributed by atoms with Gasteiger partial charge in [-0.15, -0.1) is 0 Å². The summed E-state index contributed by atoms with van der Waals surface area (Å²) < 4.78 is 1.79. The fraction of sp³-hybridized carbons (Fsp3) is 0.706. The summed E-state index contributed by atoms with van der Waals surface area (Å²) >= 11 is 0. The first-order valence-corrected chi connectivity index (χ1v) is 8.03. The second kappa shape index (κ2) is 12.0. The smallest absolute Gasteiger partial charge is 0.222 e. The summed E-state index contributed by atoms with van der Waals surface area (Å²) in [5.74, 6) is 0. The van der Waals surface area contributed by atoms with Crippen LogP contribution in [0.3, 0.4) is 0 Å². The van der Waals surface area contributed by atoms with Gasteiger partial charge >= 0.3 is 0 Å². The Morgan fingerprint density at radius 1 is 0.684 bits per heavy atom. The molecule has 0 atom stereocenters. The molecule has 0 aliphatic heterocycles. The number of hydrogen-bond acceptors (Lipinski definition) is 1. The molecule has 19 heavy (non-hydrogen) atoms. The molecule has 0 N–H and O–H groups in total. The van der Waals surface area contributed by atoms with Gasteiger partial charge < -0.3 is 0 Å².